The highest BCUT2D eigenvalue weighted by atomic mass is 16.2. The van der Waals surface area contributed by atoms with Gasteiger partial charge in [-0.05, 0) is 44.6 Å². The molecule has 0 spiro atoms. The van der Waals surface area contributed by atoms with Crippen LogP contribution < -0.4 is 11.1 Å². The van der Waals surface area contributed by atoms with Crippen LogP contribution in [0.2, 0.25) is 0 Å². The molecular formula is C14H28N2O. The van der Waals surface area contributed by atoms with Crippen LogP contribution in [-0.4, -0.2) is 18.5 Å². The first kappa shape index (κ1) is 14.5. The lowest BCUT2D eigenvalue weighted by Crippen LogP contribution is -2.44. The van der Waals surface area contributed by atoms with Crippen molar-refractivity contribution in [2.45, 2.75) is 65.3 Å². The van der Waals surface area contributed by atoms with Crippen LogP contribution in [0.15, 0.2) is 0 Å². The van der Waals surface area contributed by atoms with Crippen LogP contribution in [0.4, 0.5) is 0 Å². The summed E-state index contributed by atoms with van der Waals surface area (Å²) in [5, 5.41) is 3.15. The Kier molecular flexibility index (Phi) is 5.44. The first-order valence-electron chi connectivity index (χ1n) is 6.98. The third-order valence-electron chi connectivity index (χ3n) is 4.05. The molecule has 1 aliphatic carbocycles. The van der Waals surface area contributed by atoms with Crippen LogP contribution in [0.5, 0.6) is 0 Å². The van der Waals surface area contributed by atoms with Gasteiger partial charge in [-0.3, -0.25) is 4.79 Å². The molecule has 1 rings (SSSR count). The third-order valence-corrected chi connectivity index (χ3v) is 4.05. The molecule has 2 unspecified atom stereocenters. The molecule has 2 atom stereocenters. The summed E-state index contributed by atoms with van der Waals surface area (Å²) in [5.74, 6) is 0.441. The molecule has 17 heavy (non-hydrogen) atoms. The maximum absolute atomic E-state index is 12.2. The summed E-state index contributed by atoms with van der Waals surface area (Å²) in [7, 11) is 0. The maximum Gasteiger partial charge on any atom is 0.223 e. The van der Waals surface area contributed by atoms with Gasteiger partial charge in [0.25, 0.3) is 0 Å². The van der Waals surface area contributed by atoms with Crippen molar-refractivity contribution in [3.63, 3.8) is 0 Å². The number of hydrogen-bond acceptors (Lipinski definition) is 2. The van der Waals surface area contributed by atoms with Crippen molar-refractivity contribution in [3.8, 4) is 0 Å². The van der Waals surface area contributed by atoms with Gasteiger partial charge in [0.15, 0.2) is 0 Å². The predicted molar refractivity (Wildman–Crippen MR) is 71.6 cm³/mol. The standard InChI is InChI=1S/C14H28N2O/c1-11(7-6-10-15)16-13(17)12-8-4-5-9-14(12,2)3/h11-12H,4-10,15H2,1-3H3,(H,16,17). The Bertz CT molecular complexity index is 251. The second-order valence-electron chi connectivity index (χ2n) is 6.13. The van der Waals surface area contributed by atoms with E-state index in [-0.39, 0.29) is 23.3 Å². The maximum atomic E-state index is 12.2. The summed E-state index contributed by atoms with van der Waals surface area (Å²) < 4.78 is 0. The summed E-state index contributed by atoms with van der Waals surface area (Å²) in [6.07, 6.45) is 6.63. The van der Waals surface area contributed by atoms with Gasteiger partial charge in [-0.25, -0.2) is 0 Å². The number of nitrogens with one attached hydrogen (secondary N) is 1. The minimum Gasteiger partial charge on any atom is -0.353 e. The third kappa shape index (κ3) is 4.30. The molecule has 0 bridgehead atoms. The van der Waals surface area contributed by atoms with E-state index in [4.69, 9.17) is 5.73 Å². The Labute approximate surface area is 106 Å². The van der Waals surface area contributed by atoms with E-state index in [2.05, 4.69) is 26.1 Å². The van der Waals surface area contributed by atoms with Gasteiger partial charge < -0.3 is 11.1 Å². The minimum atomic E-state index is 0.163. The Balaban J connectivity index is 2.45. The lowest BCUT2D eigenvalue weighted by molar-refractivity contribution is -0.130. The van der Waals surface area contributed by atoms with Gasteiger partial charge in [0, 0.05) is 12.0 Å². The van der Waals surface area contributed by atoms with Gasteiger partial charge in [-0.1, -0.05) is 26.7 Å². The number of carbonyl (C=O) groups is 1. The average molecular weight is 240 g/mol. The Morgan fingerprint density at radius 1 is 1.47 bits per heavy atom. The van der Waals surface area contributed by atoms with E-state index in [0.717, 1.165) is 19.3 Å². The molecule has 100 valence electrons. The van der Waals surface area contributed by atoms with Crippen molar-refractivity contribution >= 4 is 5.91 Å². The van der Waals surface area contributed by atoms with E-state index in [1.54, 1.807) is 0 Å². The molecule has 0 aromatic carbocycles. The topological polar surface area (TPSA) is 55.1 Å². The molecule has 1 saturated carbocycles. The van der Waals surface area contributed by atoms with Crippen LogP contribution in [-0.2, 0) is 4.79 Å². The largest absolute Gasteiger partial charge is 0.353 e. The van der Waals surface area contributed by atoms with Gasteiger partial charge >= 0.3 is 0 Å². The molecule has 0 aliphatic heterocycles. The molecule has 3 N–H and O–H groups in total. The first-order valence-corrected chi connectivity index (χ1v) is 6.98. The normalized spacial score (nSPS) is 25.3. The molecule has 0 aromatic rings. The summed E-state index contributed by atoms with van der Waals surface area (Å²) in [6, 6.07) is 0.253. The van der Waals surface area contributed by atoms with Gasteiger partial charge in [0.05, 0.1) is 0 Å². The second-order valence-corrected chi connectivity index (χ2v) is 6.13. The quantitative estimate of drug-likeness (QED) is 0.775. The Morgan fingerprint density at radius 2 is 2.18 bits per heavy atom. The minimum absolute atomic E-state index is 0.163. The van der Waals surface area contributed by atoms with Crippen LogP contribution in [0, 0.1) is 11.3 Å². The first-order chi connectivity index (χ1) is 7.97. The van der Waals surface area contributed by atoms with Gasteiger partial charge in [-0.2, -0.15) is 0 Å². The fourth-order valence-corrected chi connectivity index (χ4v) is 2.82. The SMILES string of the molecule is CC(CCCN)NC(=O)C1CCCCC1(C)C. The number of nitrogens with two attached hydrogens (primary N) is 1. The number of rotatable bonds is 5. The summed E-state index contributed by atoms with van der Waals surface area (Å²) in [6.45, 7) is 7.22. The second kappa shape index (κ2) is 6.39. The Morgan fingerprint density at radius 3 is 2.76 bits per heavy atom. The van der Waals surface area contributed by atoms with E-state index >= 15 is 0 Å². The van der Waals surface area contributed by atoms with E-state index in [9.17, 15) is 4.79 Å². The van der Waals surface area contributed by atoms with E-state index < -0.39 is 0 Å². The highest BCUT2D eigenvalue weighted by Gasteiger charge is 2.37. The molecule has 0 aromatic heterocycles. The van der Waals surface area contributed by atoms with Crippen molar-refractivity contribution in [3.05, 3.63) is 0 Å². The van der Waals surface area contributed by atoms with Crippen LogP contribution in [0.25, 0.3) is 0 Å². The molecule has 0 heterocycles. The van der Waals surface area contributed by atoms with Crippen molar-refractivity contribution in [2.75, 3.05) is 6.54 Å². The van der Waals surface area contributed by atoms with Gasteiger partial charge in [-0.15, -0.1) is 0 Å². The van der Waals surface area contributed by atoms with Gasteiger partial charge in [0.1, 0.15) is 0 Å². The zero-order valence-corrected chi connectivity index (χ0v) is 11.6. The molecule has 1 amide bonds. The van der Waals surface area contributed by atoms with E-state index in [1.807, 2.05) is 0 Å². The fraction of sp³-hybridized carbons (Fsp3) is 0.929. The van der Waals surface area contributed by atoms with Gasteiger partial charge in [0.2, 0.25) is 5.91 Å². The van der Waals surface area contributed by atoms with Crippen molar-refractivity contribution < 1.29 is 4.79 Å². The van der Waals surface area contributed by atoms with Crippen LogP contribution >= 0.6 is 0 Å². The van der Waals surface area contributed by atoms with Crippen molar-refractivity contribution in [1.29, 1.82) is 0 Å². The Hall–Kier alpha value is -0.570. The molecule has 3 heteroatoms. The number of amides is 1. The van der Waals surface area contributed by atoms with Crippen LogP contribution in [0.3, 0.4) is 0 Å². The summed E-state index contributed by atoms with van der Waals surface area (Å²) in [5.41, 5.74) is 5.64. The zero-order valence-electron chi connectivity index (χ0n) is 11.6. The fourth-order valence-electron chi connectivity index (χ4n) is 2.82. The molecule has 0 saturated heterocycles. The predicted octanol–water partition coefficient (Wildman–Crippen LogP) is 2.45. The van der Waals surface area contributed by atoms with Crippen LogP contribution in [0.1, 0.15) is 59.3 Å². The monoisotopic (exact) mass is 240 g/mol. The van der Waals surface area contributed by atoms with Crippen molar-refractivity contribution in [1.82, 2.24) is 5.32 Å². The highest BCUT2D eigenvalue weighted by molar-refractivity contribution is 5.79. The average Bonchev–Trinajstić information content (AvgIpc) is 2.25. The molecule has 1 aliphatic rings. The molecule has 3 nitrogen and oxygen atoms in total. The number of hydrogen-bond donors (Lipinski definition) is 2. The lowest BCUT2D eigenvalue weighted by atomic mass is 9.68. The highest BCUT2D eigenvalue weighted by Crippen LogP contribution is 2.40. The number of carbonyl (C=O) groups excluding carboxylic acids is 1. The van der Waals surface area contributed by atoms with Crippen molar-refractivity contribution in [2.24, 2.45) is 17.1 Å². The molecule has 0 radical (unpaired) electrons. The summed E-state index contributed by atoms with van der Waals surface area (Å²) in [4.78, 5) is 12.2. The molecule has 1 fully saturated rings. The smallest absolute Gasteiger partial charge is 0.223 e. The molecular weight excluding hydrogens is 212 g/mol. The summed E-state index contributed by atoms with van der Waals surface area (Å²) >= 11 is 0. The van der Waals surface area contributed by atoms with E-state index in [0.29, 0.717) is 6.54 Å². The van der Waals surface area contributed by atoms with E-state index in [1.165, 1.54) is 19.3 Å². The zero-order chi connectivity index (χ0) is 12.9. The lowest BCUT2D eigenvalue weighted by Gasteiger charge is -2.38.